The number of aromatic nitrogens is 2. The topological polar surface area (TPSA) is 64.3 Å². The largest absolute Gasteiger partial charge is 0.469 e. The molecule has 5 nitrogen and oxygen atoms in total. The van der Waals surface area contributed by atoms with E-state index < -0.39 is 6.10 Å². The quantitative estimate of drug-likeness (QED) is 0.766. The Morgan fingerprint density at radius 1 is 1.65 bits per heavy atom. The summed E-state index contributed by atoms with van der Waals surface area (Å²) in [4.78, 5) is 15.3. The van der Waals surface area contributed by atoms with Crippen LogP contribution in [0.5, 0.6) is 0 Å². The van der Waals surface area contributed by atoms with Gasteiger partial charge in [-0.1, -0.05) is 13.8 Å². The average molecular weight is 240 g/mol. The number of methoxy groups -OCH3 is 1. The third-order valence-electron chi connectivity index (χ3n) is 2.73. The first kappa shape index (κ1) is 13.7. The molecule has 0 bridgehead atoms. The number of hydrogen-bond donors (Lipinski definition) is 1. The number of hydrogen-bond acceptors (Lipinski definition) is 4. The van der Waals surface area contributed by atoms with Crippen LogP contribution in [0.3, 0.4) is 0 Å². The molecule has 0 radical (unpaired) electrons. The zero-order chi connectivity index (χ0) is 12.8. The summed E-state index contributed by atoms with van der Waals surface area (Å²) in [6.45, 7) is 4.63. The lowest BCUT2D eigenvalue weighted by atomic mass is 10.0. The van der Waals surface area contributed by atoms with Gasteiger partial charge in [0.15, 0.2) is 0 Å². The second-order valence-electron chi connectivity index (χ2n) is 4.19. The molecule has 0 aliphatic rings. The number of carbonyl (C=O) groups is 1. The van der Waals surface area contributed by atoms with E-state index >= 15 is 0 Å². The van der Waals surface area contributed by atoms with Crippen molar-refractivity contribution in [1.82, 2.24) is 9.55 Å². The highest BCUT2D eigenvalue weighted by Crippen LogP contribution is 2.21. The van der Waals surface area contributed by atoms with Gasteiger partial charge in [0.25, 0.3) is 0 Å². The fourth-order valence-corrected chi connectivity index (χ4v) is 1.79. The van der Waals surface area contributed by atoms with E-state index in [1.165, 1.54) is 7.11 Å². The summed E-state index contributed by atoms with van der Waals surface area (Å²) in [6.07, 6.45) is 3.98. The molecule has 5 heteroatoms. The van der Waals surface area contributed by atoms with E-state index in [0.717, 1.165) is 18.7 Å². The van der Waals surface area contributed by atoms with Crippen molar-refractivity contribution in [2.75, 3.05) is 7.11 Å². The zero-order valence-electron chi connectivity index (χ0n) is 10.6. The fourth-order valence-electron chi connectivity index (χ4n) is 1.79. The Kier molecular flexibility index (Phi) is 5.15. The van der Waals surface area contributed by atoms with Crippen molar-refractivity contribution in [2.45, 2.75) is 39.3 Å². The van der Waals surface area contributed by atoms with Crippen LogP contribution in [0.25, 0.3) is 0 Å². The summed E-state index contributed by atoms with van der Waals surface area (Å²) >= 11 is 0. The normalized spacial score (nSPS) is 14.4. The van der Waals surface area contributed by atoms with E-state index in [1.807, 2.05) is 4.57 Å². The van der Waals surface area contributed by atoms with E-state index in [-0.39, 0.29) is 11.9 Å². The van der Waals surface area contributed by atoms with E-state index in [9.17, 15) is 9.90 Å². The van der Waals surface area contributed by atoms with Gasteiger partial charge in [-0.05, 0) is 12.8 Å². The molecule has 0 fully saturated rings. The molecule has 0 aliphatic carbocycles. The molecule has 0 aromatic carbocycles. The van der Waals surface area contributed by atoms with Gasteiger partial charge in [-0.15, -0.1) is 0 Å². The third kappa shape index (κ3) is 3.56. The molecule has 1 aromatic heterocycles. The zero-order valence-corrected chi connectivity index (χ0v) is 10.6. The Morgan fingerprint density at radius 2 is 2.35 bits per heavy atom. The van der Waals surface area contributed by atoms with Crippen LogP contribution in [-0.4, -0.2) is 27.7 Å². The summed E-state index contributed by atoms with van der Waals surface area (Å²) in [6, 6.07) is 0. The molecule has 0 saturated heterocycles. The molecule has 1 rings (SSSR count). The van der Waals surface area contributed by atoms with Gasteiger partial charge < -0.3 is 14.4 Å². The maximum Gasteiger partial charge on any atom is 0.308 e. The minimum absolute atomic E-state index is 0.300. The van der Waals surface area contributed by atoms with E-state index in [2.05, 4.69) is 16.6 Å². The fraction of sp³-hybridized carbons (Fsp3) is 0.667. The lowest BCUT2D eigenvalue weighted by molar-refractivity contribution is -0.145. The minimum atomic E-state index is -0.682. The SMILES string of the molecule is CCCn1cncc1C(O)CC(C)C(=O)OC. The van der Waals surface area contributed by atoms with Crippen LogP contribution in [0.2, 0.25) is 0 Å². The lowest BCUT2D eigenvalue weighted by Crippen LogP contribution is -2.17. The molecule has 0 amide bonds. The Hall–Kier alpha value is -1.36. The number of aliphatic hydroxyl groups excluding tert-OH is 1. The Labute approximate surface area is 101 Å². The number of aliphatic hydroxyl groups is 1. The number of esters is 1. The van der Waals surface area contributed by atoms with Gasteiger partial charge in [0, 0.05) is 6.54 Å². The number of aryl methyl sites for hydroxylation is 1. The van der Waals surface area contributed by atoms with Gasteiger partial charge in [-0.2, -0.15) is 0 Å². The maximum atomic E-state index is 11.3. The first-order valence-electron chi connectivity index (χ1n) is 5.86. The predicted octanol–water partition coefficient (Wildman–Crippen LogP) is 1.53. The molecular weight excluding hydrogens is 220 g/mol. The minimum Gasteiger partial charge on any atom is -0.469 e. The molecule has 1 aromatic rings. The Bertz CT molecular complexity index is 362. The first-order valence-corrected chi connectivity index (χ1v) is 5.86. The van der Waals surface area contributed by atoms with Crippen molar-refractivity contribution in [2.24, 2.45) is 5.92 Å². The summed E-state index contributed by atoms with van der Waals surface area (Å²) in [5.74, 6) is -0.620. The Balaban J connectivity index is 2.65. The maximum absolute atomic E-state index is 11.3. The standard InChI is InChI=1S/C12H20N2O3/c1-4-5-14-8-13-7-10(14)11(15)6-9(2)12(16)17-3/h7-9,11,15H,4-6H2,1-3H3. The molecule has 2 atom stereocenters. The summed E-state index contributed by atoms with van der Waals surface area (Å²) < 4.78 is 6.55. The van der Waals surface area contributed by atoms with Gasteiger partial charge in [0.2, 0.25) is 0 Å². The van der Waals surface area contributed by atoms with Gasteiger partial charge in [0.05, 0.1) is 37.3 Å². The van der Waals surface area contributed by atoms with Crippen molar-refractivity contribution in [3.8, 4) is 0 Å². The molecule has 17 heavy (non-hydrogen) atoms. The van der Waals surface area contributed by atoms with Crippen LogP contribution < -0.4 is 0 Å². The molecule has 0 saturated carbocycles. The molecule has 1 N–H and O–H groups in total. The van der Waals surface area contributed by atoms with Crippen LogP contribution in [0.4, 0.5) is 0 Å². The van der Waals surface area contributed by atoms with E-state index in [4.69, 9.17) is 0 Å². The summed E-state index contributed by atoms with van der Waals surface area (Å²) in [7, 11) is 1.35. The van der Waals surface area contributed by atoms with Gasteiger partial charge in [-0.3, -0.25) is 4.79 Å². The highest BCUT2D eigenvalue weighted by Gasteiger charge is 2.21. The molecule has 0 aliphatic heterocycles. The van der Waals surface area contributed by atoms with Crippen molar-refractivity contribution < 1.29 is 14.6 Å². The average Bonchev–Trinajstić information content (AvgIpc) is 2.76. The summed E-state index contributed by atoms with van der Waals surface area (Å²) in [5.41, 5.74) is 0.752. The van der Waals surface area contributed by atoms with Gasteiger partial charge in [-0.25, -0.2) is 4.98 Å². The highest BCUT2D eigenvalue weighted by molar-refractivity contribution is 5.71. The number of nitrogens with zero attached hydrogens (tertiary/aromatic N) is 2. The number of carbonyl (C=O) groups excluding carboxylic acids is 1. The third-order valence-corrected chi connectivity index (χ3v) is 2.73. The van der Waals surface area contributed by atoms with Crippen LogP contribution in [0.15, 0.2) is 12.5 Å². The van der Waals surface area contributed by atoms with E-state index in [0.29, 0.717) is 6.42 Å². The smallest absolute Gasteiger partial charge is 0.308 e. The molecular formula is C12H20N2O3. The number of ether oxygens (including phenoxy) is 1. The van der Waals surface area contributed by atoms with Gasteiger partial charge >= 0.3 is 5.97 Å². The monoisotopic (exact) mass is 240 g/mol. The second kappa shape index (κ2) is 6.39. The van der Waals surface area contributed by atoms with Crippen LogP contribution in [0, 0.1) is 5.92 Å². The van der Waals surface area contributed by atoms with Crippen molar-refractivity contribution in [3.63, 3.8) is 0 Å². The van der Waals surface area contributed by atoms with Crippen LogP contribution in [-0.2, 0) is 16.1 Å². The number of rotatable bonds is 6. The lowest BCUT2D eigenvalue weighted by Gasteiger charge is -2.16. The molecule has 2 unspecified atom stereocenters. The van der Waals surface area contributed by atoms with Crippen molar-refractivity contribution in [1.29, 1.82) is 0 Å². The molecule has 0 spiro atoms. The second-order valence-corrected chi connectivity index (χ2v) is 4.19. The van der Waals surface area contributed by atoms with E-state index in [1.54, 1.807) is 19.4 Å². The molecule has 1 heterocycles. The number of imidazole rings is 1. The van der Waals surface area contributed by atoms with Crippen LogP contribution in [0.1, 0.15) is 38.5 Å². The highest BCUT2D eigenvalue weighted by atomic mass is 16.5. The predicted molar refractivity (Wildman–Crippen MR) is 63.3 cm³/mol. The Morgan fingerprint density at radius 3 is 2.94 bits per heavy atom. The van der Waals surface area contributed by atoms with Gasteiger partial charge in [0.1, 0.15) is 0 Å². The molecule has 96 valence electrons. The first-order chi connectivity index (χ1) is 8.10. The summed E-state index contributed by atoms with van der Waals surface area (Å²) in [5, 5.41) is 10.1. The van der Waals surface area contributed by atoms with Crippen LogP contribution >= 0.6 is 0 Å². The van der Waals surface area contributed by atoms with Crippen molar-refractivity contribution >= 4 is 5.97 Å². The van der Waals surface area contributed by atoms with Crippen molar-refractivity contribution in [3.05, 3.63) is 18.2 Å².